The van der Waals surface area contributed by atoms with Crippen LogP contribution in [0.25, 0.3) is 5.57 Å². The molecule has 1 heterocycles. The molecule has 0 atom stereocenters. The number of anilines is 1. The molecule has 2 rings (SSSR count). The zero-order valence-electron chi connectivity index (χ0n) is 13.8. The Hall–Kier alpha value is -2.14. The molecular formula is C17H21N3O2S. The summed E-state index contributed by atoms with van der Waals surface area (Å²) in [6.45, 7) is 3.14. The number of rotatable bonds is 7. The Kier molecular flexibility index (Phi) is 5.93. The van der Waals surface area contributed by atoms with Crippen LogP contribution in [0.1, 0.15) is 16.1 Å². The van der Waals surface area contributed by atoms with E-state index in [0.717, 1.165) is 27.0 Å². The molecule has 0 fully saturated rings. The van der Waals surface area contributed by atoms with Gasteiger partial charge in [-0.05, 0) is 38.7 Å². The number of methoxy groups -OCH3 is 1. The van der Waals surface area contributed by atoms with E-state index in [0.29, 0.717) is 18.7 Å². The summed E-state index contributed by atoms with van der Waals surface area (Å²) in [4.78, 5) is 18.5. The molecule has 0 aliphatic carbocycles. The monoisotopic (exact) mass is 331 g/mol. The summed E-state index contributed by atoms with van der Waals surface area (Å²) in [6, 6.07) is 7.88. The van der Waals surface area contributed by atoms with Crippen molar-refractivity contribution in [3.63, 3.8) is 0 Å². The van der Waals surface area contributed by atoms with E-state index >= 15 is 0 Å². The largest absolute Gasteiger partial charge is 0.497 e. The molecule has 1 aromatic heterocycles. The third-order valence-electron chi connectivity index (χ3n) is 3.27. The number of aromatic nitrogens is 1. The number of hydrogen-bond donors (Lipinski definition) is 1. The topological polar surface area (TPSA) is 54.5 Å². The molecule has 0 unspecified atom stereocenters. The molecule has 1 N–H and O–H groups in total. The standard InChI is InChI=1S/C17H21N3O2S/c1-12-16(14(11-21)10-20(2)3)23-17(19-12)18-9-13-5-7-15(22-4)8-6-13/h5-8H,9-10H2,1-4H3,(H,18,19). The normalized spacial score (nSPS) is 10.5. The van der Waals surface area contributed by atoms with Gasteiger partial charge in [-0.25, -0.2) is 9.78 Å². The van der Waals surface area contributed by atoms with Crippen molar-refractivity contribution in [2.24, 2.45) is 0 Å². The first kappa shape index (κ1) is 17.2. The van der Waals surface area contributed by atoms with Crippen molar-refractivity contribution in [2.45, 2.75) is 13.5 Å². The van der Waals surface area contributed by atoms with E-state index in [4.69, 9.17) is 4.74 Å². The maximum Gasteiger partial charge on any atom is 0.183 e. The summed E-state index contributed by atoms with van der Waals surface area (Å²) in [7, 11) is 5.51. The number of aryl methyl sites for hydroxylation is 1. The molecule has 0 aliphatic heterocycles. The molecule has 2 aromatic rings. The van der Waals surface area contributed by atoms with Crippen molar-refractivity contribution >= 4 is 28.0 Å². The molecule has 0 spiro atoms. The lowest BCUT2D eigenvalue weighted by atomic mass is 10.2. The van der Waals surface area contributed by atoms with Crippen molar-refractivity contribution in [3.05, 3.63) is 40.4 Å². The summed E-state index contributed by atoms with van der Waals surface area (Å²) in [5.41, 5.74) is 2.63. The maximum atomic E-state index is 11.2. The van der Waals surface area contributed by atoms with Gasteiger partial charge in [0.05, 0.1) is 23.3 Å². The van der Waals surface area contributed by atoms with Gasteiger partial charge < -0.3 is 15.0 Å². The van der Waals surface area contributed by atoms with E-state index in [9.17, 15) is 4.79 Å². The predicted molar refractivity (Wildman–Crippen MR) is 94.8 cm³/mol. The fourth-order valence-electron chi connectivity index (χ4n) is 2.14. The summed E-state index contributed by atoms with van der Waals surface area (Å²) in [6.07, 6.45) is 0. The fraction of sp³-hybridized carbons (Fsp3) is 0.353. The van der Waals surface area contributed by atoms with Crippen LogP contribution in [0.3, 0.4) is 0 Å². The van der Waals surface area contributed by atoms with E-state index in [1.807, 2.05) is 56.1 Å². The van der Waals surface area contributed by atoms with Crippen molar-refractivity contribution in [1.29, 1.82) is 0 Å². The lowest BCUT2D eigenvalue weighted by Crippen LogP contribution is -2.14. The number of nitrogens with zero attached hydrogens (tertiary/aromatic N) is 2. The molecule has 0 amide bonds. The quantitative estimate of drug-likeness (QED) is 0.791. The number of likely N-dealkylation sites (N-methyl/N-ethyl adjacent to an activating group) is 1. The summed E-state index contributed by atoms with van der Waals surface area (Å²) in [5, 5.41) is 4.11. The van der Waals surface area contributed by atoms with Crippen molar-refractivity contribution in [1.82, 2.24) is 9.88 Å². The third kappa shape index (κ3) is 4.66. The highest BCUT2D eigenvalue weighted by Gasteiger charge is 2.14. The Bertz CT molecular complexity index is 701. The van der Waals surface area contributed by atoms with Crippen LogP contribution in [-0.4, -0.2) is 43.6 Å². The molecule has 0 radical (unpaired) electrons. The second kappa shape index (κ2) is 7.92. The van der Waals surface area contributed by atoms with Crippen LogP contribution in [0, 0.1) is 6.92 Å². The Morgan fingerprint density at radius 3 is 2.61 bits per heavy atom. The van der Waals surface area contributed by atoms with Gasteiger partial charge >= 0.3 is 0 Å². The Morgan fingerprint density at radius 1 is 1.35 bits per heavy atom. The van der Waals surface area contributed by atoms with Crippen molar-refractivity contribution in [2.75, 3.05) is 33.1 Å². The number of benzene rings is 1. The fourth-order valence-corrected chi connectivity index (χ4v) is 3.08. The SMILES string of the molecule is COc1ccc(CNc2nc(C)c(C(=C=O)CN(C)C)s2)cc1. The second-order valence-electron chi connectivity index (χ2n) is 5.45. The van der Waals surface area contributed by atoms with Gasteiger partial charge in [0, 0.05) is 13.1 Å². The van der Waals surface area contributed by atoms with Gasteiger partial charge in [0.25, 0.3) is 0 Å². The molecule has 0 saturated heterocycles. The molecule has 6 heteroatoms. The minimum atomic E-state index is 0.560. The first-order valence-corrected chi connectivity index (χ1v) is 8.08. The Morgan fingerprint density at radius 2 is 2.04 bits per heavy atom. The van der Waals surface area contributed by atoms with Gasteiger partial charge in [0.15, 0.2) is 5.13 Å². The molecule has 122 valence electrons. The van der Waals surface area contributed by atoms with Crippen LogP contribution in [0.4, 0.5) is 5.13 Å². The van der Waals surface area contributed by atoms with Gasteiger partial charge in [0.2, 0.25) is 0 Å². The van der Waals surface area contributed by atoms with E-state index < -0.39 is 0 Å². The summed E-state index contributed by atoms with van der Waals surface area (Å²) < 4.78 is 5.15. The second-order valence-corrected chi connectivity index (χ2v) is 6.45. The highest BCUT2D eigenvalue weighted by Crippen LogP contribution is 2.28. The van der Waals surface area contributed by atoms with Crippen LogP contribution in [0.15, 0.2) is 24.3 Å². The number of thiazole rings is 1. The van der Waals surface area contributed by atoms with Crippen LogP contribution in [0.5, 0.6) is 5.75 Å². The number of carbonyl (C=O) groups excluding carboxylic acids is 1. The zero-order chi connectivity index (χ0) is 16.8. The van der Waals surface area contributed by atoms with Gasteiger partial charge in [-0.3, -0.25) is 0 Å². The highest BCUT2D eigenvalue weighted by molar-refractivity contribution is 7.16. The number of nitrogens with one attached hydrogen (secondary N) is 1. The first-order valence-electron chi connectivity index (χ1n) is 7.26. The summed E-state index contributed by atoms with van der Waals surface area (Å²) >= 11 is 1.49. The zero-order valence-corrected chi connectivity index (χ0v) is 14.7. The molecule has 5 nitrogen and oxygen atoms in total. The predicted octanol–water partition coefficient (Wildman–Crippen LogP) is 2.85. The van der Waals surface area contributed by atoms with E-state index in [-0.39, 0.29) is 0 Å². The van der Waals surface area contributed by atoms with E-state index in [1.54, 1.807) is 7.11 Å². The lowest BCUT2D eigenvalue weighted by molar-refractivity contribution is 0.414. The molecule has 0 aliphatic rings. The molecule has 1 aromatic carbocycles. The molecule has 0 saturated carbocycles. The molecule has 0 bridgehead atoms. The third-order valence-corrected chi connectivity index (χ3v) is 4.45. The Balaban J connectivity index is 2.06. The molecular weight excluding hydrogens is 310 g/mol. The minimum absolute atomic E-state index is 0.560. The van der Waals surface area contributed by atoms with Gasteiger partial charge in [-0.15, -0.1) is 0 Å². The number of hydrogen-bond acceptors (Lipinski definition) is 6. The average molecular weight is 331 g/mol. The first-order chi connectivity index (χ1) is 11.0. The summed E-state index contributed by atoms with van der Waals surface area (Å²) in [5.74, 6) is 2.88. The van der Waals surface area contributed by atoms with Crippen LogP contribution >= 0.6 is 11.3 Å². The average Bonchev–Trinajstić information content (AvgIpc) is 2.91. The number of ether oxygens (including phenoxy) is 1. The van der Waals surface area contributed by atoms with Crippen LogP contribution < -0.4 is 10.1 Å². The van der Waals surface area contributed by atoms with E-state index in [2.05, 4.69) is 10.3 Å². The smallest absolute Gasteiger partial charge is 0.183 e. The van der Waals surface area contributed by atoms with Gasteiger partial charge in [-0.1, -0.05) is 23.5 Å². The highest BCUT2D eigenvalue weighted by atomic mass is 32.1. The van der Waals surface area contributed by atoms with Crippen molar-refractivity contribution < 1.29 is 9.53 Å². The van der Waals surface area contributed by atoms with Crippen molar-refractivity contribution in [3.8, 4) is 5.75 Å². The van der Waals surface area contributed by atoms with Gasteiger partial charge in [0.1, 0.15) is 11.7 Å². The Labute approximate surface area is 140 Å². The van der Waals surface area contributed by atoms with E-state index in [1.165, 1.54) is 11.3 Å². The van der Waals surface area contributed by atoms with Crippen LogP contribution in [-0.2, 0) is 11.3 Å². The van der Waals surface area contributed by atoms with Gasteiger partial charge in [-0.2, -0.15) is 0 Å². The minimum Gasteiger partial charge on any atom is -0.497 e. The maximum absolute atomic E-state index is 11.2. The molecule has 23 heavy (non-hydrogen) atoms. The van der Waals surface area contributed by atoms with Crippen LogP contribution in [0.2, 0.25) is 0 Å². The lowest BCUT2D eigenvalue weighted by Gasteiger charge is -2.09.